The first-order valence-electron chi connectivity index (χ1n) is 13.2. The van der Waals surface area contributed by atoms with Crippen LogP contribution in [0.5, 0.6) is 0 Å². The maximum atomic E-state index is 12.7. The second-order valence-electron chi connectivity index (χ2n) is 9.97. The minimum Gasteiger partial charge on any atom is -0.480 e. The van der Waals surface area contributed by atoms with Crippen molar-refractivity contribution in [3.63, 3.8) is 0 Å². The molecule has 7 nitrogen and oxygen atoms in total. The van der Waals surface area contributed by atoms with Gasteiger partial charge in [0.2, 0.25) is 0 Å². The van der Waals surface area contributed by atoms with Gasteiger partial charge in [-0.3, -0.25) is 4.79 Å². The minimum atomic E-state index is -1.48. The van der Waals surface area contributed by atoms with E-state index in [-0.39, 0.29) is 25.0 Å². The van der Waals surface area contributed by atoms with Crippen LogP contribution in [0.3, 0.4) is 0 Å². The first-order valence-corrected chi connectivity index (χ1v) is 13.2. The molecule has 7 heteroatoms. The lowest BCUT2D eigenvalue weighted by molar-refractivity contribution is -0.149. The Hall–Kier alpha value is -4.91. The van der Waals surface area contributed by atoms with Crippen molar-refractivity contribution in [3.8, 4) is 22.3 Å². The summed E-state index contributed by atoms with van der Waals surface area (Å²) in [5.41, 5.74) is 8.58. The van der Waals surface area contributed by atoms with Crippen LogP contribution in [0.4, 0.5) is 4.79 Å². The molecule has 0 radical (unpaired) electrons. The maximum absolute atomic E-state index is 12.7. The molecule has 4 aromatic rings. The predicted octanol–water partition coefficient (Wildman–Crippen LogP) is 5.72. The zero-order valence-electron chi connectivity index (χ0n) is 21.6. The summed E-state index contributed by atoms with van der Waals surface area (Å²) in [6, 6.07) is 30.3. The van der Waals surface area contributed by atoms with Crippen molar-refractivity contribution in [2.75, 3.05) is 13.2 Å². The van der Waals surface area contributed by atoms with Crippen molar-refractivity contribution in [2.45, 2.75) is 24.3 Å². The summed E-state index contributed by atoms with van der Waals surface area (Å²) in [5.74, 6) is -2.37. The van der Waals surface area contributed by atoms with E-state index < -0.39 is 30.5 Å². The average Bonchev–Trinajstić information content (AvgIpc) is 3.47. The highest BCUT2D eigenvalue weighted by molar-refractivity contribution is 5.85. The van der Waals surface area contributed by atoms with Crippen LogP contribution in [0.2, 0.25) is 0 Å². The third kappa shape index (κ3) is 4.71. The van der Waals surface area contributed by atoms with E-state index in [1.54, 1.807) is 0 Å². The van der Waals surface area contributed by atoms with Crippen molar-refractivity contribution in [2.24, 2.45) is 0 Å². The van der Waals surface area contributed by atoms with E-state index >= 15 is 0 Å². The zero-order valence-corrected chi connectivity index (χ0v) is 21.6. The number of hydrogen-bond donors (Lipinski definition) is 2. The number of rotatable bonds is 8. The van der Waals surface area contributed by atoms with E-state index in [1.165, 1.54) is 0 Å². The first-order chi connectivity index (χ1) is 19.5. The second kappa shape index (κ2) is 10.7. The summed E-state index contributed by atoms with van der Waals surface area (Å²) in [6.45, 7) is 0.112. The third-order valence-electron chi connectivity index (χ3n) is 7.68. The number of benzene rings is 4. The molecule has 0 aromatic heterocycles. The van der Waals surface area contributed by atoms with Gasteiger partial charge in [0.1, 0.15) is 19.3 Å². The second-order valence-corrected chi connectivity index (χ2v) is 9.97. The van der Waals surface area contributed by atoms with Gasteiger partial charge in [-0.05, 0) is 44.5 Å². The molecule has 200 valence electrons. The van der Waals surface area contributed by atoms with Gasteiger partial charge in [0.25, 0.3) is 0 Å². The smallest absolute Gasteiger partial charge is 0.407 e. The summed E-state index contributed by atoms with van der Waals surface area (Å²) in [6.07, 6.45) is -1.42. The molecular formula is C33H27NO6. The summed E-state index contributed by atoms with van der Waals surface area (Å²) < 4.78 is 11.0. The van der Waals surface area contributed by atoms with Crippen LogP contribution in [0.1, 0.15) is 40.5 Å². The van der Waals surface area contributed by atoms with Crippen molar-refractivity contribution < 1.29 is 29.0 Å². The van der Waals surface area contributed by atoms with Crippen LogP contribution in [0.25, 0.3) is 22.3 Å². The van der Waals surface area contributed by atoms with Gasteiger partial charge in [-0.25, -0.2) is 9.59 Å². The number of amides is 1. The number of fused-ring (bicyclic) bond motifs is 6. The lowest BCUT2D eigenvalue weighted by Crippen LogP contribution is -2.43. The standard InChI is InChI=1S/C33H27NO6/c35-31(39-18-28-24-13-5-1-9-20(24)21-10-2-6-14-25(21)28)17-30(32(36)37)34-33(38)40-19-29-26-15-7-3-11-22(26)23-12-4-8-16-27(23)29/h1-16,28-30H,17-19H2,(H,34,38)(H,36,37). The highest BCUT2D eigenvalue weighted by atomic mass is 16.6. The first kappa shape index (κ1) is 25.4. The van der Waals surface area contributed by atoms with Gasteiger partial charge in [0.15, 0.2) is 0 Å². The fourth-order valence-corrected chi connectivity index (χ4v) is 5.82. The Kier molecular flexibility index (Phi) is 6.78. The van der Waals surface area contributed by atoms with Crippen molar-refractivity contribution in [1.82, 2.24) is 5.32 Å². The Morgan fingerprint density at radius 1 is 0.625 bits per heavy atom. The molecule has 0 heterocycles. The zero-order chi connectivity index (χ0) is 27.6. The van der Waals surface area contributed by atoms with Crippen LogP contribution in [-0.4, -0.2) is 42.4 Å². The molecule has 1 amide bonds. The Morgan fingerprint density at radius 3 is 1.40 bits per heavy atom. The molecule has 4 aromatic carbocycles. The number of carboxylic acids is 1. The topological polar surface area (TPSA) is 102 Å². The predicted molar refractivity (Wildman–Crippen MR) is 149 cm³/mol. The molecular weight excluding hydrogens is 506 g/mol. The average molecular weight is 534 g/mol. The SMILES string of the molecule is O=C(CC(NC(=O)OCC1c2ccccc2-c2ccccc21)C(=O)O)OCC1c2ccccc2-c2ccccc21. The fourth-order valence-electron chi connectivity index (χ4n) is 5.82. The number of carboxylic acid groups (broad SMARTS) is 1. The molecule has 40 heavy (non-hydrogen) atoms. The van der Waals surface area contributed by atoms with Crippen LogP contribution in [0.15, 0.2) is 97.1 Å². The summed E-state index contributed by atoms with van der Waals surface area (Å²) >= 11 is 0. The Morgan fingerprint density at radius 2 is 1.00 bits per heavy atom. The van der Waals surface area contributed by atoms with E-state index in [0.29, 0.717) is 0 Å². The van der Waals surface area contributed by atoms with Crippen molar-refractivity contribution >= 4 is 18.0 Å². The van der Waals surface area contributed by atoms with E-state index in [2.05, 4.69) is 5.32 Å². The Labute approximate surface area is 231 Å². The number of aliphatic carboxylic acids is 1. The molecule has 2 aliphatic rings. The molecule has 1 atom stereocenters. The van der Waals surface area contributed by atoms with E-state index in [9.17, 15) is 19.5 Å². The lowest BCUT2D eigenvalue weighted by Gasteiger charge is -2.18. The fraction of sp³-hybridized carbons (Fsp3) is 0.182. The van der Waals surface area contributed by atoms with Crippen LogP contribution >= 0.6 is 0 Å². The number of nitrogens with one attached hydrogen (secondary N) is 1. The molecule has 0 bridgehead atoms. The molecule has 0 fully saturated rings. The number of carbonyl (C=O) groups excluding carboxylic acids is 2. The molecule has 2 aliphatic carbocycles. The van der Waals surface area contributed by atoms with Gasteiger partial charge in [-0.2, -0.15) is 0 Å². The van der Waals surface area contributed by atoms with Gasteiger partial charge in [0, 0.05) is 11.8 Å². The monoisotopic (exact) mass is 533 g/mol. The quantitative estimate of drug-likeness (QED) is 0.281. The molecule has 0 aliphatic heterocycles. The molecule has 0 spiro atoms. The third-order valence-corrected chi connectivity index (χ3v) is 7.68. The van der Waals surface area contributed by atoms with E-state index in [0.717, 1.165) is 44.5 Å². The number of alkyl carbamates (subject to hydrolysis) is 1. The lowest BCUT2D eigenvalue weighted by atomic mass is 9.98. The van der Waals surface area contributed by atoms with Crippen LogP contribution < -0.4 is 5.32 Å². The molecule has 2 N–H and O–H groups in total. The number of hydrogen-bond acceptors (Lipinski definition) is 5. The van der Waals surface area contributed by atoms with Crippen molar-refractivity contribution in [3.05, 3.63) is 119 Å². The molecule has 0 saturated heterocycles. The Balaban J connectivity index is 1.06. The number of ether oxygens (including phenoxy) is 2. The van der Waals surface area contributed by atoms with Gasteiger partial charge < -0.3 is 19.9 Å². The molecule has 1 unspecified atom stereocenters. The van der Waals surface area contributed by atoms with Crippen LogP contribution in [-0.2, 0) is 19.1 Å². The largest absolute Gasteiger partial charge is 0.480 e. The minimum absolute atomic E-state index is 0.0388. The van der Waals surface area contributed by atoms with Gasteiger partial charge >= 0.3 is 18.0 Å². The number of carbonyl (C=O) groups is 3. The normalized spacial score (nSPS) is 13.9. The molecule has 6 rings (SSSR count). The number of esters is 1. The maximum Gasteiger partial charge on any atom is 0.407 e. The highest BCUT2D eigenvalue weighted by Gasteiger charge is 2.32. The van der Waals surface area contributed by atoms with E-state index in [4.69, 9.17) is 9.47 Å². The highest BCUT2D eigenvalue weighted by Crippen LogP contribution is 2.45. The van der Waals surface area contributed by atoms with E-state index in [1.807, 2.05) is 97.1 Å². The molecule has 0 saturated carbocycles. The summed E-state index contributed by atoms with van der Waals surface area (Å²) in [4.78, 5) is 37.2. The van der Waals surface area contributed by atoms with Crippen molar-refractivity contribution in [1.29, 1.82) is 0 Å². The Bertz CT molecular complexity index is 1410. The van der Waals surface area contributed by atoms with Crippen LogP contribution in [0, 0.1) is 0 Å². The van der Waals surface area contributed by atoms with Gasteiger partial charge in [-0.1, -0.05) is 97.1 Å². The van der Waals surface area contributed by atoms with Gasteiger partial charge in [0.05, 0.1) is 6.42 Å². The summed E-state index contributed by atoms with van der Waals surface area (Å²) in [5, 5.41) is 12.0. The van der Waals surface area contributed by atoms with Gasteiger partial charge in [-0.15, -0.1) is 0 Å². The summed E-state index contributed by atoms with van der Waals surface area (Å²) in [7, 11) is 0.